The molecule has 1 saturated heterocycles. The van der Waals surface area contributed by atoms with Crippen LogP contribution in [0.25, 0.3) is 11.4 Å². The van der Waals surface area contributed by atoms with Gasteiger partial charge in [-0.2, -0.15) is 4.98 Å². The maximum atomic E-state index is 12.0. The van der Waals surface area contributed by atoms with Gasteiger partial charge in [-0.3, -0.25) is 9.59 Å². The van der Waals surface area contributed by atoms with E-state index >= 15 is 0 Å². The number of carboxylic acids is 1. The van der Waals surface area contributed by atoms with Gasteiger partial charge in [-0.25, -0.2) is 0 Å². The maximum absolute atomic E-state index is 12.0. The van der Waals surface area contributed by atoms with Crippen molar-refractivity contribution in [1.82, 2.24) is 20.8 Å². The topological polar surface area (TPSA) is 117 Å². The van der Waals surface area contributed by atoms with Crippen molar-refractivity contribution >= 4 is 11.9 Å². The number of hydrogen-bond acceptors (Lipinski definition) is 6. The summed E-state index contributed by atoms with van der Waals surface area (Å²) in [6.07, 6.45) is 5.39. The van der Waals surface area contributed by atoms with Gasteiger partial charge in [0.1, 0.15) is 0 Å². The Hall–Kier alpha value is -2.74. The van der Waals surface area contributed by atoms with Gasteiger partial charge < -0.3 is 20.3 Å². The van der Waals surface area contributed by atoms with Crippen LogP contribution in [0.4, 0.5) is 0 Å². The average Bonchev–Trinajstić information content (AvgIpc) is 3.17. The van der Waals surface area contributed by atoms with E-state index < -0.39 is 5.97 Å². The van der Waals surface area contributed by atoms with Gasteiger partial charge in [-0.1, -0.05) is 17.3 Å². The molecule has 8 heteroatoms. The lowest BCUT2D eigenvalue weighted by Crippen LogP contribution is -2.27. The first-order valence-electron chi connectivity index (χ1n) is 9.75. The first-order chi connectivity index (χ1) is 13.6. The highest BCUT2D eigenvalue weighted by atomic mass is 16.5. The van der Waals surface area contributed by atoms with Crippen molar-refractivity contribution in [2.45, 2.75) is 38.5 Å². The van der Waals surface area contributed by atoms with Gasteiger partial charge >= 0.3 is 5.97 Å². The molecule has 2 heterocycles. The Morgan fingerprint density at radius 3 is 2.68 bits per heavy atom. The van der Waals surface area contributed by atoms with Crippen molar-refractivity contribution in [3.63, 3.8) is 0 Å². The minimum atomic E-state index is -0.945. The number of aromatic nitrogens is 2. The number of hydrogen-bond donors (Lipinski definition) is 3. The van der Waals surface area contributed by atoms with Crippen LogP contribution in [0.5, 0.6) is 0 Å². The van der Waals surface area contributed by atoms with Crippen LogP contribution in [0.15, 0.2) is 28.8 Å². The lowest BCUT2D eigenvalue weighted by molar-refractivity contribution is -0.136. The van der Waals surface area contributed by atoms with Gasteiger partial charge in [-0.05, 0) is 56.8 Å². The van der Waals surface area contributed by atoms with Crippen LogP contribution in [0.1, 0.15) is 48.4 Å². The molecule has 0 aliphatic carbocycles. The molecule has 0 spiro atoms. The first kappa shape index (κ1) is 20.0. The molecular weight excluding hydrogens is 360 g/mol. The molecule has 0 atom stereocenters. The number of rotatable bonds is 9. The van der Waals surface area contributed by atoms with Crippen LogP contribution in [0, 0.1) is 5.92 Å². The lowest BCUT2D eigenvalue weighted by Gasteiger charge is -2.21. The third kappa shape index (κ3) is 5.88. The van der Waals surface area contributed by atoms with E-state index in [1.165, 1.54) is 19.3 Å². The van der Waals surface area contributed by atoms with Gasteiger partial charge in [0.25, 0.3) is 5.91 Å². The standard InChI is InChI=1S/C20H26N4O4/c25-18(26)10-13-22-20(27)16-6-4-15(5-7-16)19-23-17(28-24-19)3-1-2-14-8-11-21-12-9-14/h4-7,14,21H,1-3,8-13H2,(H,22,27)(H,25,26). The molecule has 1 amide bonds. The minimum Gasteiger partial charge on any atom is -0.481 e. The van der Waals surface area contributed by atoms with Crippen molar-refractivity contribution in [3.8, 4) is 11.4 Å². The number of carboxylic acid groups (broad SMARTS) is 1. The van der Waals surface area contributed by atoms with Gasteiger partial charge in [0.05, 0.1) is 6.42 Å². The van der Waals surface area contributed by atoms with Crippen molar-refractivity contribution < 1.29 is 19.2 Å². The van der Waals surface area contributed by atoms with E-state index in [0.717, 1.165) is 37.4 Å². The van der Waals surface area contributed by atoms with Crippen LogP contribution in [0.2, 0.25) is 0 Å². The van der Waals surface area contributed by atoms with Crippen LogP contribution >= 0.6 is 0 Å². The van der Waals surface area contributed by atoms with E-state index in [1.807, 2.05) is 0 Å². The summed E-state index contributed by atoms with van der Waals surface area (Å²) in [5.41, 5.74) is 1.23. The average molecular weight is 386 g/mol. The Labute approximate surface area is 163 Å². The molecule has 150 valence electrons. The molecular formula is C20H26N4O4. The molecule has 0 bridgehead atoms. The van der Waals surface area contributed by atoms with E-state index in [2.05, 4.69) is 20.8 Å². The molecule has 3 rings (SSSR count). The molecule has 0 unspecified atom stereocenters. The zero-order valence-corrected chi connectivity index (χ0v) is 15.8. The van der Waals surface area contributed by atoms with Crippen LogP contribution in [-0.2, 0) is 11.2 Å². The van der Waals surface area contributed by atoms with Gasteiger partial charge in [0.15, 0.2) is 0 Å². The predicted octanol–water partition coefficient (Wildman–Crippen LogP) is 2.26. The highest BCUT2D eigenvalue weighted by molar-refractivity contribution is 5.94. The number of carbonyl (C=O) groups is 2. The Bertz CT molecular complexity index is 782. The predicted molar refractivity (Wildman–Crippen MR) is 103 cm³/mol. The van der Waals surface area contributed by atoms with Crippen molar-refractivity contribution in [2.75, 3.05) is 19.6 Å². The smallest absolute Gasteiger partial charge is 0.305 e. The van der Waals surface area contributed by atoms with Crippen molar-refractivity contribution in [1.29, 1.82) is 0 Å². The summed E-state index contributed by atoms with van der Waals surface area (Å²) in [7, 11) is 0. The van der Waals surface area contributed by atoms with Gasteiger partial charge in [0.2, 0.25) is 11.7 Å². The summed E-state index contributed by atoms with van der Waals surface area (Å²) in [6, 6.07) is 6.85. The maximum Gasteiger partial charge on any atom is 0.305 e. The fraction of sp³-hybridized carbons (Fsp3) is 0.500. The number of aryl methyl sites for hydroxylation is 1. The SMILES string of the molecule is O=C(O)CCNC(=O)c1ccc(-c2noc(CCCC3CCNCC3)n2)cc1. The Morgan fingerprint density at radius 2 is 1.96 bits per heavy atom. The number of nitrogens with zero attached hydrogens (tertiary/aromatic N) is 2. The number of aliphatic carboxylic acids is 1. The Balaban J connectivity index is 1.48. The van der Waals surface area contributed by atoms with E-state index in [4.69, 9.17) is 9.63 Å². The highest BCUT2D eigenvalue weighted by Crippen LogP contribution is 2.20. The number of nitrogens with one attached hydrogen (secondary N) is 2. The molecule has 28 heavy (non-hydrogen) atoms. The van der Waals surface area contributed by atoms with E-state index in [9.17, 15) is 9.59 Å². The van der Waals surface area contributed by atoms with Crippen LogP contribution in [-0.4, -0.2) is 46.8 Å². The molecule has 3 N–H and O–H groups in total. The largest absolute Gasteiger partial charge is 0.481 e. The normalized spacial score (nSPS) is 14.7. The quantitative estimate of drug-likeness (QED) is 0.605. The second-order valence-electron chi connectivity index (χ2n) is 7.07. The fourth-order valence-electron chi connectivity index (χ4n) is 3.34. The molecule has 1 aliphatic rings. The van der Waals surface area contributed by atoms with Crippen LogP contribution in [0.3, 0.4) is 0 Å². The Kier molecular flexibility index (Phi) is 7.13. The summed E-state index contributed by atoms with van der Waals surface area (Å²) in [6.45, 7) is 2.33. The highest BCUT2D eigenvalue weighted by Gasteiger charge is 2.14. The third-order valence-corrected chi connectivity index (χ3v) is 4.96. The lowest BCUT2D eigenvalue weighted by atomic mass is 9.92. The summed E-state index contributed by atoms with van der Waals surface area (Å²) < 4.78 is 5.35. The zero-order chi connectivity index (χ0) is 19.8. The molecule has 8 nitrogen and oxygen atoms in total. The number of amides is 1. The molecule has 1 aromatic carbocycles. The van der Waals surface area contributed by atoms with Crippen molar-refractivity contribution in [2.24, 2.45) is 5.92 Å². The summed E-state index contributed by atoms with van der Waals surface area (Å²) in [4.78, 5) is 26.9. The van der Waals surface area contributed by atoms with Gasteiger partial charge in [-0.15, -0.1) is 0 Å². The third-order valence-electron chi connectivity index (χ3n) is 4.96. The second kappa shape index (κ2) is 9.98. The van der Waals surface area contributed by atoms with Gasteiger partial charge in [0, 0.05) is 24.1 Å². The molecule has 0 radical (unpaired) electrons. The summed E-state index contributed by atoms with van der Waals surface area (Å²) in [5.74, 6) is 0.686. The molecule has 2 aromatic rings. The number of piperidine rings is 1. The molecule has 1 aromatic heterocycles. The summed E-state index contributed by atoms with van der Waals surface area (Å²) >= 11 is 0. The fourth-order valence-corrected chi connectivity index (χ4v) is 3.34. The molecule has 1 fully saturated rings. The second-order valence-corrected chi connectivity index (χ2v) is 7.07. The molecule has 0 saturated carbocycles. The molecule has 1 aliphatic heterocycles. The van der Waals surface area contributed by atoms with Crippen molar-refractivity contribution in [3.05, 3.63) is 35.7 Å². The number of benzene rings is 1. The van der Waals surface area contributed by atoms with E-state index in [-0.39, 0.29) is 18.9 Å². The Morgan fingerprint density at radius 1 is 1.21 bits per heavy atom. The van der Waals surface area contributed by atoms with E-state index in [0.29, 0.717) is 17.3 Å². The first-order valence-corrected chi connectivity index (χ1v) is 9.75. The zero-order valence-electron chi connectivity index (χ0n) is 15.8. The summed E-state index contributed by atoms with van der Waals surface area (Å²) in [5, 5.41) is 18.6. The van der Waals surface area contributed by atoms with E-state index in [1.54, 1.807) is 24.3 Å². The van der Waals surface area contributed by atoms with Crippen LogP contribution < -0.4 is 10.6 Å². The monoisotopic (exact) mass is 386 g/mol. The minimum absolute atomic E-state index is 0.0987. The number of carbonyl (C=O) groups excluding carboxylic acids is 1.